The summed E-state index contributed by atoms with van der Waals surface area (Å²) < 4.78 is 9.75. The molecule has 0 radical (unpaired) electrons. The summed E-state index contributed by atoms with van der Waals surface area (Å²) in [5, 5.41) is 0. The van der Waals surface area contributed by atoms with Crippen LogP contribution in [0.15, 0.2) is 42.0 Å². The quantitative estimate of drug-likeness (QED) is 0.459. The van der Waals surface area contributed by atoms with Crippen molar-refractivity contribution in [2.75, 3.05) is 14.2 Å². The first-order valence-electron chi connectivity index (χ1n) is 6.80. The number of methoxy groups -OCH3 is 2. The average Bonchev–Trinajstić information content (AvgIpc) is 2.50. The van der Waals surface area contributed by atoms with Crippen molar-refractivity contribution in [2.24, 2.45) is 5.41 Å². The van der Waals surface area contributed by atoms with Crippen LogP contribution in [-0.2, 0) is 25.5 Å². The molecular weight excluding hydrogens is 268 g/mol. The van der Waals surface area contributed by atoms with E-state index in [0.717, 1.165) is 11.1 Å². The summed E-state index contributed by atoms with van der Waals surface area (Å²) in [6, 6.07) is 9.38. The molecule has 0 aliphatic carbocycles. The van der Waals surface area contributed by atoms with Crippen LogP contribution in [0.5, 0.6) is 0 Å². The Labute approximate surface area is 125 Å². The van der Waals surface area contributed by atoms with Crippen LogP contribution in [0.2, 0.25) is 0 Å². The summed E-state index contributed by atoms with van der Waals surface area (Å²) in [7, 11) is 2.57. The first-order chi connectivity index (χ1) is 9.96. The summed E-state index contributed by atoms with van der Waals surface area (Å²) in [4.78, 5) is 24.6. The van der Waals surface area contributed by atoms with Crippen molar-refractivity contribution >= 4 is 11.9 Å². The zero-order valence-corrected chi connectivity index (χ0v) is 13.0. The minimum atomic E-state index is -1.35. The van der Waals surface area contributed by atoms with Gasteiger partial charge in [-0.25, -0.2) is 0 Å². The second-order valence-electron chi connectivity index (χ2n) is 5.21. The molecule has 4 nitrogen and oxygen atoms in total. The molecular formula is C17H22O4. The van der Waals surface area contributed by atoms with E-state index in [1.165, 1.54) is 14.2 Å². The molecule has 1 aromatic carbocycles. The maximum absolute atomic E-state index is 12.3. The van der Waals surface area contributed by atoms with Crippen molar-refractivity contribution in [1.82, 2.24) is 0 Å². The molecule has 0 bridgehead atoms. The Morgan fingerprint density at radius 2 is 1.57 bits per heavy atom. The fourth-order valence-corrected chi connectivity index (χ4v) is 2.18. The predicted molar refractivity (Wildman–Crippen MR) is 80.7 cm³/mol. The highest BCUT2D eigenvalue weighted by molar-refractivity contribution is 6.00. The van der Waals surface area contributed by atoms with Crippen LogP contribution in [0.3, 0.4) is 0 Å². The highest BCUT2D eigenvalue weighted by atomic mass is 16.5. The number of benzene rings is 1. The number of ether oxygens (including phenoxy) is 2. The number of esters is 2. The summed E-state index contributed by atoms with van der Waals surface area (Å²) >= 11 is 0. The average molecular weight is 290 g/mol. The third-order valence-electron chi connectivity index (χ3n) is 3.36. The molecule has 114 valence electrons. The van der Waals surface area contributed by atoms with E-state index in [0.29, 0.717) is 0 Å². The Morgan fingerprint density at radius 3 is 2.00 bits per heavy atom. The Morgan fingerprint density at radius 1 is 1.05 bits per heavy atom. The van der Waals surface area contributed by atoms with Gasteiger partial charge in [-0.15, -0.1) is 0 Å². The smallest absolute Gasteiger partial charge is 0.323 e. The summed E-state index contributed by atoms with van der Waals surface area (Å²) in [6.07, 6.45) is 2.36. The van der Waals surface area contributed by atoms with E-state index < -0.39 is 17.4 Å². The predicted octanol–water partition coefficient (Wildman–Crippen LogP) is 2.92. The Balaban J connectivity index is 3.25. The molecule has 0 heterocycles. The van der Waals surface area contributed by atoms with Crippen molar-refractivity contribution in [1.29, 1.82) is 0 Å². The minimum absolute atomic E-state index is 0.247. The van der Waals surface area contributed by atoms with Crippen molar-refractivity contribution in [3.8, 4) is 0 Å². The standard InChI is InChI=1S/C17H22O4/c1-13(2)10-11-17(15(18)20-3,16(19)21-4)12-14-8-6-5-7-9-14/h5-10H,11-12H2,1-4H3. The fraction of sp³-hybridized carbons (Fsp3) is 0.412. The van der Waals surface area contributed by atoms with Crippen molar-refractivity contribution in [3.05, 3.63) is 47.5 Å². The van der Waals surface area contributed by atoms with E-state index in [1.807, 2.05) is 50.3 Å². The first-order valence-corrected chi connectivity index (χ1v) is 6.80. The van der Waals surface area contributed by atoms with E-state index >= 15 is 0 Å². The maximum Gasteiger partial charge on any atom is 0.323 e. The maximum atomic E-state index is 12.3. The van der Waals surface area contributed by atoms with Crippen molar-refractivity contribution < 1.29 is 19.1 Å². The molecule has 0 aromatic heterocycles. The molecule has 0 aliphatic heterocycles. The third kappa shape index (κ3) is 4.18. The van der Waals surface area contributed by atoms with Gasteiger partial charge < -0.3 is 9.47 Å². The summed E-state index contributed by atoms with van der Waals surface area (Å²) in [6.45, 7) is 3.84. The van der Waals surface area contributed by atoms with Gasteiger partial charge in [-0.2, -0.15) is 0 Å². The van der Waals surface area contributed by atoms with Gasteiger partial charge in [-0.05, 0) is 32.3 Å². The van der Waals surface area contributed by atoms with Crippen LogP contribution in [0.1, 0.15) is 25.8 Å². The van der Waals surface area contributed by atoms with Gasteiger partial charge in [0.05, 0.1) is 14.2 Å². The second kappa shape index (κ2) is 7.62. The van der Waals surface area contributed by atoms with Crippen LogP contribution >= 0.6 is 0 Å². The highest BCUT2D eigenvalue weighted by Gasteiger charge is 2.47. The topological polar surface area (TPSA) is 52.6 Å². The SMILES string of the molecule is COC(=O)C(CC=C(C)C)(Cc1ccccc1)C(=O)OC. The van der Waals surface area contributed by atoms with Crippen molar-refractivity contribution in [2.45, 2.75) is 26.7 Å². The molecule has 1 rings (SSSR count). The number of allylic oxidation sites excluding steroid dienone is 2. The van der Waals surface area contributed by atoms with Crippen LogP contribution in [-0.4, -0.2) is 26.2 Å². The molecule has 21 heavy (non-hydrogen) atoms. The number of hydrogen-bond acceptors (Lipinski definition) is 4. The van der Waals surface area contributed by atoms with E-state index in [-0.39, 0.29) is 12.8 Å². The number of hydrogen-bond donors (Lipinski definition) is 0. The highest BCUT2D eigenvalue weighted by Crippen LogP contribution is 2.32. The van der Waals surface area contributed by atoms with E-state index in [4.69, 9.17) is 9.47 Å². The Kier molecular flexibility index (Phi) is 6.15. The third-order valence-corrected chi connectivity index (χ3v) is 3.36. The zero-order chi connectivity index (χ0) is 15.9. The molecule has 0 aliphatic rings. The largest absolute Gasteiger partial charge is 0.468 e. The number of rotatable bonds is 6. The van der Waals surface area contributed by atoms with Gasteiger partial charge in [-0.3, -0.25) is 9.59 Å². The van der Waals surface area contributed by atoms with E-state index in [2.05, 4.69) is 0 Å². The normalized spacial score (nSPS) is 10.7. The lowest BCUT2D eigenvalue weighted by Crippen LogP contribution is -2.43. The Hall–Kier alpha value is -2.10. The van der Waals surface area contributed by atoms with Gasteiger partial charge in [0.25, 0.3) is 0 Å². The zero-order valence-electron chi connectivity index (χ0n) is 13.0. The summed E-state index contributed by atoms with van der Waals surface area (Å²) in [5.41, 5.74) is 0.568. The van der Waals surface area contributed by atoms with Crippen LogP contribution in [0.4, 0.5) is 0 Å². The lowest BCUT2D eigenvalue weighted by molar-refractivity contribution is -0.168. The fourth-order valence-electron chi connectivity index (χ4n) is 2.18. The van der Waals surface area contributed by atoms with Gasteiger partial charge in [-0.1, -0.05) is 42.0 Å². The second-order valence-corrected chi connectivity index (χ2v) is 5.21. The number of carbonyl (C=O) groups excluding carboxylic acids is 2. The molecule has 4 heteroatoms. The molecule has 0 fully saturated rings. The Bertz CT molecular complexity index is 497. The van der Waals surface area contributed by atoms with Crippen LogP contribution in [0, 0.1) is 5.41 Å². The van der Waals surface area contributed by atoms with Crippen molar-refractivity contribution in [3.63, 3.8) is 0 Å². The van der Waals surface area contributed by atoms with Crippen LogP contribution < -0.4 is 0 Å². The molecule has 1 aromatic rings. The van der Waals surface area contributed by atoms with Gasteiger partial charge >= 0.3 is 11.9 Å². The lowest BCUT2D eigenvalue weighted by atomic mass is 9.78. The molecule has 0 N–H and O–H groups in total. The monoisotopic (exact) mass is 290 g/mol. The molecule has 0 saturated heterocycles. The molecule has 0 atom stereocenters. The summed E-state index contributed by atoms with van der Waals surface area (Å²) in [5.74, 6) is -1.15. The van der Waals surface area contributed by atoms with E-state index in [1.54, 1.807) is 0 Å². The molecule has 0 amide bonds. The van der Waals surface area contributed by atoms with Gasteiger partial charge in [0.2, 0.25) is 0 Å². The lowest BCUT2D eigenvalue weighted by Gasteiger charge is -2.27. The van der Waals surface area contributed by atoms with Gasteiger partial charge in [0.15, 0.2) is 5.41 Å². The van der Waals surface area contributed by atoms with Gasteiger partial charge in [0, 0.05) is 0 Å². The number of carbonyl (C=O) groups is 2. The minimum Gasteiger partial charge on any atom is -0.468 e. The first kappa shape index (κ1) is 17.0. The molecule has 0 saturated carbocycles. The van der Waals surface area contributed by atoms with Crippen LogP contribution in [0.25, 0.3) is 0 Å². The molecule has 0 spiro atoms. The van der Waals surface area contributed by atoms with Gasteiger partial charge in [0.1, 0.15) is 0 Å². The molecule has 0 unspecified atom stereocenters. The van der Waals surface area contributed by atoms with E-state index in [9.17, 15) is 9.59 Å².